The molecule has 2 rings (SSSR count). The smallest absolute Gasteiger partial charge is 0.0583 e. The van der Waals surface area contributed by atoms with Crippen molar-refractivity contribution in [3.8, 4) is 0 Å². The van der Waals surface area contributed by atoms with Crippen molar-refractivity contribution in [2.45, 2.75) is 102 Å². The van der Waals surface area contributed by atoms with Crippen molar-refractivity contribution in [3.63, 3.8) is 0 Å². The summed E-state index contributed by atoms with van der Waals surface area (Å²) in [4.78, 5) is 6.48. The lowest BCUT2D eigenvalue weighted by Gasteiger charge is -2.47. The Balaban J connectivity index is 2.32. The van der Waals surface area contributed by atoms with Gasteiger partial charge in [-0.1, -0.05) is 0 Å². The molecule has 5 heteroatoms. The van der Waals surface area contributed by atoms with E-state index < -0.39 is 0 Å². The fraction of sp³-hybridized carbons (Fsp3) is 1.00. The van der Waals surface area contributed by atoms with Gasteiger partial charge in [-0.2, -0.15) is 10.1 Å². The predicted molar refractivity (Wildman–Crippen MR) is 86.3 cm³/mol. The standard InChI is InChI=1S/C16H34N4O/c1-13(2)9-11(17)15(5,6)19(13)21-20-14(3,4)10-12(18)16(20,7)8/h11-12H,9-10,17-18H2,1-8H3. The highest BCUT2D eigenvalue weighted by Gasteiger charge is 2.57. The van der Waals surface area contributed by atoms with Crippen LogP contribution in [0.5, 0.6) is 0 Å². The van der Waals surface area contributed by atoms with E-state index in [0.717, 1.165) is 12.8 Å². The van der Waals surface area contributed by atoms with Crippen LogP contribution in [-0.2, 0) is 4.94 Å². The van der Waals surface area contributed by atoms with Crippen LogP contribution in [0.3, 0.4) is 0 Å². The summed E-state index contributed by atoms with van der Waals surface area (Å²) in [5.41, 5.74) is 12.1. The molecule has 0 aromatic carbocycles. The fourth-order valence-corrected chi connectivity index (χ4v) is 4.12. The molecule has 2 fully saturated rings. The van der Waals surface area contributed by atoms with Gasteiger partial charge in [0.05, 0.1) is 11.1 Å². The molecule has 2 saturated heterocycles. The predicted octanol–water partition coefficient (Wildman–Crippen LogP) is 2.01. The minimum Gasteiger partial charge on any atom is -0.326 e. The molecule has 0 bridgehead atoms. The molecule has 0 aromatic rings. The normalized spacial score (nSPS) is 38.0. The van der Waals surface area contributed by atoms with Gasteiger partial charge >= 0.3 is 0 Å². The van der Waals surface area contributed by atoms with Gasteiger partial charge in [-0.15, -0.1) is 0 Å². The number of hydroxylamine groups is 4. The van der Waals surface area contributed by atoms with Gasteiger partial charge in [-0.05, 0) is 68.2 Å². The fourth-order valence-electron chi connectivity index (χ4n) is 4.12. The first kappa shape index (κ1) is 17.2. The first-order valence-corrected chi connectivity index (χ1v) is 8.03. The first-order chi connectivity index (χ1) is 9.23. The summed E-state index contributed by atoms with van der Waals surface area (Å²) in [6.07, 6.45) is 1.83. The topological polar surface area (TPSA) is 67.8 Å². The van der Waals surface area contributed by atoms with Crippen molar-refractivity contribution >= 4 is 0 Å². The van der Waals surface area contributed by atoms with Gasteiger partial charge in [-0.25, -0.2) is 4.94 Å². The van der Waals surface area contributed by atoms with Crippen LogP contribution in [0.25, 0.3) is 0 Å². The minimum absolute atomic E-state index is 0.0926. The maximum atomic E-state index is 6.48. The van der Waals surface area contributed by atoms with E-state index in [2.05, 4.69) is 65.5 Å². The van der Waals surface area contributed by atoms with Crippen molar-refractivity contribution in [1.82, 2.24) is 10.1 Å². The molecule has 21 heavy (non-hydrogen) atoms. The Morgan fingerprint density at radius 2 is 1.00 bits per heavy atom. The third-order valence-corrected chi connectivity index (χ3v) is 5.56. The Kier molecular flexibility index (Phi) is 3.80. The third kappa shape index (κ3) is 2.53. The highest BCUT2D eigenvalue weighted by atomic mass is 16.8. The Bertz CT molecular complexity index is 379. The van der Waals surface area contributed by atoms with Crippen LogP contribution < -0.4 is 11.5 Å². The van der Waals surface area contributed by atoms with E-state index in [0.29, 0.717) is 0 Å². The van der Waals surface area contributed by atoms with Crippen LogP contribution in [0.2, 0.25) is 0 Å². The Morgan fingerprint density at radius 1 is 0.714 bits per heavy atom. The average Bonchev–Trinajstić information content (AvgIpc) is 2.49. The largest absolute Gasteiger partial charge is 0.326 e. The van der Waals surface area contributed by atoms with Crippen LogP contribution in [-0.4, -0.2) is 44.4 Å². The molecule has 0 amide bonds. The molecule has 2 aliphatic heterocycles. The summed E-state index contributed by atoms with van der Waals surface area (Å²) < 4.78 is 0. The molecule has 2 unspecified atom stereocenters. The molecule has 2 heterocycles. The van der Waals surface area contributed by atoms with Crippen LogP contribution >= 0.6 is 0 Å². The molecule has 0 aliphatic carbocycles. The first-order valence-electron chi connectivity index (χ1n) is 8.03. The van der Waals surface area contributed by atoms with E-state index in [4.69, 9.17) is 16.4 Å². The molecule has 0 spiro atoms. The van der Waals surface area contributed by atoms with Crippen molar-refractivity contribution < 1.29 is 4.94 Å². The lowest BCUT2D eigenvalue weighted by molar-refractivity contribution is -0.409. The second-order valence-corrected chi connectivity index (χ2v) is 9.22. The average molecular weight is 298 g/mol. The van der Waals surface area contributed by atoms with Gasteiger partial charge in [0, 0.05) is 23.2 Å². The summed E-state index contributed by atoms with van der Waals surface area (Å²) in [5, 5.41) is 4.18. The molecule has 2 atom stereocenters. The number of rotatable bonds is 2. The molecule has 2 aliphatic rings. The van der Waals surface area contributed by atoms with Crippen molar-refractivity contribution in [3.05, 3.63) is 0 Å². The van der Waals surface area contributed by atoms with E-state index >= 15 is 0 Å². The molecular weight excluding hydrogens is 264 g/mol. The summed E-state index contributed by atoms with van der Waals surface area (Å²) >= 11 is 0. The molecule has 0 saturated carbocycles. The maximum absolute atomic E-state index is 6.48. The Morgan fingerprint density at radius 3 is 1.19 bits per heavy atom. The second-order valence-electron chi connectivity index (χ2n) is 9.22. The zero-order valence-corrected chi connectivity index (χ0v) is 15.0. The minimum atomic E-state index is -0.206. The summed E-state index contributed by atoms with van der Waals surface area (Å²) in [6.45, 7) is 17.4. The van der Waals surface area contributed by atoms with Gasteiger partial charge < -0.3 is 11.5 Å². The Labute approximate surface area is 129 Å². The van der Waals surface area contributed by atoms with Crippen LogP contribution in [0.1, 0.15) is 68.2 Å². The molecule has 124 valence electrons. The van der Waals surface area contributed by atoms with E-state index in [1.807, 2.05) is 0 Å². The number of nitrogens with two attached hydrogens (primary N) is 2. The van der Waals surface area contributed by atoms with Gasteiger partial charge in [0.15, 0.2) is 0 Å². The van der Waals surface area contributed by atoms with E-state index in [-0.39, 0.29) is 34.2 Å². The highest BCUT2D eigenvalue weighted by Crippen LogP contribution is 2.45. The van der Waals surface area contributed by atoms with Crippen LogP contribution in [0.15, 0.2) is 0 Å². The van der Waals surface area contributed by atoms with Gasteiger partial charge in [-0.3, -0.25) is 0 Å². The lowest BCUT2D eigenvalue weighted by atomic mass is 9.95. The maximum Gasteiger partial charge on any atom is 0.0583 e. The zero-order valence-electron chi connectivity index (χ0n) is 15.0. The highest BCUT2D eigenvalue weighted by molar-refractivity contribution is 5.07. The van der Waals surface area contributed by atoms with Crippen LogP contribution in [0.4, 0.5) is 0 Å². The van der Waals surface area contributed by atoms with E-state index in [9.17, 15) is 0 Å². The SMILES string of the molecule is CC1(C)CC(N)C(C)(C)N1ON1C(C)(C)CC(N)C1(C)C. The molecule has 0 radical (unpaired) electrons. The van der Waals surface area contributed by atoms with Crippen molar-refractivity contribution in [2.24, 2.45) is 11.5 Å². The lowest BCUT2D eigenvalue weighted by Crippen LogP contribution is -2.61. The molecule has 5 nitrogen and oxygen atoms in total. The Hall–Kier alpha value is -0.200. The number of hydrogen-bond acceptors (Lipinski definition) is 5. The summed E-state index contributed by atoms with van der Waals surface area (Å²) in [6, 6.07) is 0.185. The van der Waals surface area contributed by atoms with Gasteiger partial charge in [0.2, 0.25) is 0 Å². The number of nitrogens with zero attached hydrogens (tertiary/aromatic N) is 2. The van der Waals surface area contributed by atoms with E-state index in [1.165, 1.54) is 0 Å². The van der Waals surface area contributed by atoms with Crippen LogP contribution in [0, 0.1) is 0 Å². The quantitative estimate of drug-likeness (QED) is 0.816. The number of hydrogen-bond donors (Lipinski definition) is 2. The third-order valence-electron chi connectivity index (χ3n) is 5.56. The second kappa shape index (κ2) is 4.65. The zero-order chi connectivity index (χ0) is 16.4. The van der Waals surface area contributed by atoms with Gasteiger partial charge in [0.25, 0.3) is 0 Å². The van der Waals surface area contributed by atoms with Crippen molar-refractivity contribution in [2.75, 3.05) is 0 Å². The van der Waals surface area contributed by atoms with Gasteiger partial charge in [0.1, 0.15) is 0 Å². The summed E-state index contributed by atoms with van der Waals surface area (Å²) in [7, 11) is 0. The monoisotopic (exact) mass is 298 g/mol. The van der Waals surface area contributed by atoms with Crippen molar-refractivity contribution in [1.29, 1.82) is 0 Å². The molecular formula is C16H34N4O. The molecule has 4 N–H and O–H groups in total. The molecule has 0 aromatic heterocycles. The summed E-state index contributed by atoms with van der Waals surface area (Å²) in [5.74, 6) is 0. The van der Waals surface area contributed by atoms with E-state index in [1.54, 1.807) is 0 Å².